The third kappa shape index (κ3) is 2.29. The number of aromatic amines is 1. The van der Waals surface area contributed by atoms with E-state index in [2.05, 4.69) is 20.5 Å². The lowest BCUT2D eigenvalue weighted by atomic mass is 10.1. The van der Waals surface area contributed by atoms with Gasteiger partial charge in [-0.2, -0.15) is 5.10 Å². The summed E-state index contributed by atoms with van der Waals surface area (Å²) in [6.07, 6.45) is 3.52. The summed E-state index contributed by atoms with van der Waals surface area (Å²) >= 11 is 0. The zero-order valence-corrected chi connectivity index (χ0v) is 13.7. The number of carbonyl (C=O) groups is 1. The van der Waals surface area contributed by atoms with Crippen LogP contribution in [0.25, 0.3) is 5.69 Å². The quantitative estimate of drug-likeness (QED) is 0.784. The van der Waals surface area contributed by atoms with Gasteiger partial charge >= 0.3 is 0 Å². The van der Waals surface area contributed by atoms with Gasteiger partial charge < -0.3 is 4.90 Å². The van der Waals surface area contributed by atoms with Crippen LogP contribution < -0.4 is 4.90 Å². The van der Waals surface area contributed by atoms with E-state index in [9.17, 15) is 4.79 Å². The molecule has 3 aromatic rings. The summed E-state index contributed by atoms with van der Waals surface area (Å²) in [5.41, 5.74) is 5.00. The molecule has 0 atom stereocenters. The Morgan fingerprint density at radius 2 is 2.17 bits per heavy atom. The third-order valence-corrected chi connectivity index (χ3v) is 4.38. The van der Waals surface area contributed by atoms with Crippen LogP contribution in [0.5, 0.6) is 0 Å². The molecule has 1 aliphatic heterocycles. The smallest absolute Gasteiger partial charge is 0.280 e. The molecule has 2 aromatic heterocycles. The molecule has 1 N–H and O–H groups in total. The second kappa shape index (κ2) is 5.59. The lowest BCUT2D eigenvalue weighted by Gasteiger charge is -2.25. The highest BCUT2D eigenvalue weighted by atomic mass is 16.2. The zero-order valence-electron chi connectivity index (χ0n) is 13.7. The third-order valence-electron chi connectivity index (χ3n) is 4.38. The fraction of sp³-hybridized carbons (Fsp3) is 0.294. The van der Waals surface area contributed by atoms with Gasteiger partial charge in [-0.05, 0) is 44.4 Å². The lowest BCUT2D eigenvalue weighted by Crippen LogP contribution is -2.35. The van der Waals surface area contributed by atoms with Gasteiger partial charge in [-0.25, -0.2) is 4.68 Å². The Balaban J connectivity index is 1.70. The van der Waals surface area contributed by atoms with E-state index in [1.807, 2.05) is 38.1 Å². The molecule has 0 bridgehead atoms. The molecule has 3 heterocycles. The van der Waals surface area contributed by atoms with Crippen molar-refractivity contribution in [2.75, 3.05) is 11.4 Å². The highest BCUT2D eigenvalue weighted by molar-refractivity contribution is 6.05. The molecule has 1 amide bonds. The van der Waals surface area contributed by atoms with Gasteiger partial charge in [-0.15, -0.1) is 5.10 Å². The zero-order chi connectivity index (χ0) is 16.7. The Morgan fingerprint density at radius 1 is 1.29 bits per heavy atom. The van der Waals surface area contributed by atoms with E-state index in [0.29, 0.717) is 12.2 Å². The molecule has 0 aliphatic carbocycles. The van der Waals surface area contributed by atoms with Crippen LogP contribution in [-0.4, -0.2) is 37.6 Å². The Labute approximate surface area is 139 Å². The van der Waals surface area contributed by atoms with Crippen LogP contribution in [0, 0.1) is 13.8 Å². The van der Waals surface area contributed by atoms with Gasteiger partial charge in [-0.1, -0.05) is 17.3 Å². The summed E-state index contributed by atoms with van der Waals surface area (Å²) in [6.45, 7) is 4.56. The molecule has 7 nitrogen and oxygen atoms in total. The van der Waals surface area contributed by atoms with Crippen LogP contribution in [0.4, 0.5) is 5.69 Å². The summed E-state index contributed by atoms with van der Waals surface area (Å²) in [4.78, 5) is 14.7. The monoisotopic (exact) mass is 322 g/mol. The summed E-state index contributed by atoms with van der Waals surface area (Å²) < 4.78 is 1.71. The van der Waals surface area contributed by atoms with Crippen molar-refractivity contribution in [2.24, 2.45) is 0 Å². The first-order valence-electron chi connectivity index (χ1n) is 7.98. The molecule has 0 fully saturated rings. The number of nitrogens with one attached hydrogen (secondary N) is 1. The van der Waals surface area contributed by atoms with Crippen molar-refractivity contribution in [3.05, 3.63) is 53.1 Å². The minimum absolute atomic E-state index is 0.131. The Bertz CT molecular complexity index is 909. The van der Waals surface area contributed by atoms with Gasteiger partial charge in [0.15, 0.2) is 5.69 Å². The van der Waals surface area contributed by atoms with Crippen molar-refractivity contribution in [1.82, 2.24) is 25.2 Å². The number of aryl methyl sites for hydroxylation is 2. The molecular weight excluding hydrogens is 304 g/mol. The van der Waals surface area contributed by atoms with Gasteiger partial charge in [0, 0.05) is 6.54 Å². The highest BCUT2D eigenvalue weighted by Gasteiger charge is 2.28. The van der Waals surface area contributed by atoms with E-state index >= 15 is 0 Å². The standard InChI is InChI=1S/C17H18N6O/c1-11-5-3-6-13(9-11)23-12(2)16(20-21-23)17(24)22-8-4-7-14-15(22)10-18-19-14/h3,5-6,9-10H,4,7-8H2,1-2H3,(H,18,19). The first kappa shape index (κ1) is 14.6. The van der Waals surface area contributed by atoms with E-state index in [1.54, 1.807) is 15.8 Å². The average Bonchev–Trinajstić information content (AvgIpc) is 3.20. The number of aromatic nitrogens is 5. The van der Waals surface area contributed by atoms with E-state index in [0.717, 1.165) is 41.2 Å². The Morgan fingerprint density at radius 3 is 3.00 bits per heavy atom. The minimum Gasteiger partial charge on any atom is -0.304 e. The second-order valence-electron chi connectivity index (χ2n) is 6.07. The van der Waals surface area contributed by atoms with Crippen LogP contribution in [0.15, 0.2) is 30.5 Å². The first-order chi connectivity index (χ1) is 11.6. The van der Waals surface area contributed by atoms with Crippen LogP contribution in [0.1, 0.15) is 33.9 Å². The van der Waals surface area contributed by atoms with Crippen molar-refractivity contribution >= 4 is 11.6 Å². The van der Waals surface area contributed by atoms with Crippen molar-refractivity contribution in [1.29, 1.82) is 0 Å². The van der Waals surface area contributed by atoms with E-state index < -0.39 is 0 Å². The fourth-order valence-electron chi connectivity index (χ4n) is 3.13. The number of amides is 1. The van der Waals surface area contributed by atoms with Crippen molar-refractivity contribution in [2.45, 2.75) is 26.7 Å². The number of hydrogen-bond acceptors (Lipinski definition) is 4. The van der Waals surface area contributed by atoms with Crippen LogP contribution in [0.3, 0.4) is 0 Å². The van der Waals surface area contributed by atoms with Crippen molar-refractivity contribution in [3.8, 4) is 5.69 Å². The maximum atomic E-state index is 13.0. The summed E-state index contributed by atoms with van der Waals surface area (Å²) in [5, 5.41) is 15.3. The maximum absolute atomic E-state index is 13.0. The molecule has 4 rings (SSSR count). The molecule has 1 aliphatic rings. The topological polar surface area (TPSA) is 79.7 Å². The number of H-pyrrole nitrogens is 1. The Kier molecular flexibility index (Phi) is 3.41. The van der Waals surface area contributed by atoms with E-state index in [4.69, 9.17) is 0 Å². The lowest BCUT2D eigenvalue weighted by molar-refractivity contribution is 0.0979. The SMILES string of the molecule is Cc1cccc(-n2nnc(C(=O)N3CCCc4[nH]ncc43)c2C)c1. The van der Waals surface area contributed by atoms with Crippen LogP contribution >= 0.6 is 0 Å². The minimum atomic E-state index is -0.131. The van der Waals surface area contributed by atoms with Gasteiger partial charge in [0.05, 0.1) is 29.0 Å². The molecular formula is C17H18N6O. The predicted molar refractivity (Wildman–Crippen MR) is 89.4 cm³/mol. The number of nitrogens with zero attached hydrogens (tertiary/aromatic N) is 5. The van der Waals surface area contributed by atoms with Crippen molar-refractivity contribution in [3.63, 3.8) is 0 Å². The average molecular weight is 322 g/mol. The number of hydrogen-bond donors (Lipinski definition) is 1. The molecule has 24 heavy (non-hydrogen) atoms. The Hall–Kier alpha value is -2.96. The molecule has 0 saturated heterocycles. The van der Waals surface area contributed by atoms with E-state index in [-0.39, 0.29) is 5.91 Å². The number of benzene rings is 1. The normalized spacial score (nSPS) is 13.8. The largest absolute Gasteiger partial charge is 0.304 e. The number of rotatable bonds is 2. The molecule has 7 heteroatoms. The van der Waals surface area contributed by atoms with E-state index in [1.165, 1.54) is 0 Å². The molecule has 0 unspecified atom stereocenters. The molecule has 0 spiro atoms. The number of carbonyl (C=O) groups excluding carboxylic acids is 1. The first-order valence-corrected chi connectivity index (χ1v) is 7.98. The maximum Gasteiger partial charge on any atom is 0.280 e. The summed E-state index contributed by atoms with van der Waals surface area (Å²) in [7, 11) is 0. The van der Waals surface area contributed by atoms with Crippen LogP contribution in [-0.2, 0) is 6.42 Å². The number of fused-ring (bicyclic) bond motifs is 1. The summed E-state index contributed by atoms with van der Waals surface area (Å²) in [6, 6.07) is 7.97. The molecule has 0 radical (unpaired) electrons. The van der Waals surface area contributed by atoms with Gasteiger partial charge in [0.1, 0.15) is 0 Å². The second-order valence-corrected chi connectivity index (χ2v) is 6.07. The molecule has 1 aromatic carbocycles. The van der Waals surface area contributed by atoms with Gasteiger partial charge in [0.2, 0.25) is 0 Å². The summed E-state index contributed by atoms with van der Waals surface area (Å²) in [5.74, 6) is -0.131. The van der Waals surface area contributed by atoms with Gasteiger partial charge in [-0.3, -0.25) is 9.89 Å². The fourth-order valence-corrected chi connectivity index (χ4v) is 3.13. The van der Waals surface area contributed by atoms with Gasteiger partial charge in [0.25, 0.3) is 5.91 Å². The van der Waals surface area contributed by atoms with Crippen LogP contribution in [0.2, 0.25) is 0 Å². The highest BCUT2D eigenvalue weighted by Crippen LogP contribution is 2.26. The predicted octanol–water partition coefficient (Wildman–Crippen LogP) is 2.20. The van der Waals surface area contributed by atoms with Crippen molar-refractivity contribution < 1.29 is 4.79 Å². The molecule has 0 saturated carbocycles. The molecule has 122 valence electrons. The number of anilines is 1.